The van der Waals surface area contributed by atoms with Gasteiger partial charge in [-0.25, -0.2) is 10.2 Å². The second kappa shape index (κ2) is 6.62. The van der Waals surface area contributed by atoms with Crippen molar-refractivity contribution in [2.45, 2.75) is 13.2 Å². The Bertz CT molecular complexity index is 390. The Morgan fingerprint density at radius 3 is 2.59 bits per heavy atom. The summed E-state index contributed by atoms with van der Waals surface area (Å²) < 4.78 is 4.59. The topological polar surface area (TPSA) is 91.2 Å². The fraction of sp³-hybridized carbons (Fsp3) is 0.273. The molecule has 0 unspecified atom stereocenters. The van der Waals surface area contributed by atoms with Crippen molar-refractivity contribution in [2.24, 2.45) is 5.10 Å². The highest BCUT2D eigenvalue weighted by atomic mass is 16.5. The molecule has 3 N–H and O–H groups in total. The molecule has 0 radical (unpaired) electrons. The first-order valence-corrected chi connectivity index (χ1v) is 5.07. The molecule has 1 amide bonds. The standard InChI is InChI=1S/C11H14N2O4/c1-2-17-11(16)13-12-9(10(14)15)8-6-4-3-5-7-8/h3-7,10,14-15H,2H2,1H3,(H,13,16). The molecule has 0 spiro atoms. The first-order chi connectivity index (χ1) is 8.15. The van der Waals surface area contributed by atoms with E-state index in [1.165, 1.54) is 0 Å². The Morgan fingerprint density at radius 2 is 2.06 bits per heavy atom. The number of hydrazone groups is 1. The molecule has 0 aliphatic heterocycles. The van der Waals surface area contributed by atoms with Gasteiger partial charge < -0.3 is 14.9 Å². The van der Waals surface area contributed by atoms with E-state index in [2.05, 4.69) is 15.3 Å². The minimum absolute atomic E-state index is 0.0568. The molecule has 0 atom stereocenters. The van der Waals surface area contributed by atoms with E-state index < -0.39 is 12.4 Å². The number of ether oxygens (including phenoxy) is 1. The van der Waals surface area contributed by atoms with Gasteiger partial charge in [-0.05, 0) is 6.92 Å². The Kier molecular flexibility index (Phi) is 5.12. The van der Waals surface area contributed by atoms with Gasteiger partial charge in [-0.3, -0.25) is 0 Å². The molecule has 1 rings (SSSR count). The maximum absolute atomic E-state index is 11.0. The first-order valence-electron chi connectivity index (χ1n) is 5.07. The van der Waals surface area contributed by atoms with E-state index in [1.54, 1.807) is 37.3 Å². The first kappa shape index (κ1) is 13.1. The van der Waals surface area contributed by atoms with E-state index in [1.807, 2.05) is 0 Å². The number of carbonyl (C=O) groups is 1. The smallest absolute Gasteiger partial charge is 0.427 e. The number of hydrogen-bond acceptors (Lipinski definition) is 5. The number of rotatable bonds is 4. The van der Waals surface area contributed by atoms with Crippen molar-refractivity contribution < 1.29 is 19.7 Å². The molecule has 0 saturated heterocycles. The lowest BCUT2D eigenvalue weighted by Gasteiger charge is -2.08. The molecule has 0 aromatic heterocycles. The molecule has 1 aromatic carbocycles. The Hall–Kier alpha value is -1.92. The van der Waals surface area contributed by atoms with Crippen LogP contribution in [-0.2, 0) is 4.74 Å². The highest BCUT2D eigenvalue weighted by Gasteiger charge is 2.12. The number of benzene rings is 1. The van der Waals surface area contributed by atoms with Crippen LogP contribution in [0, 0.1) is 0 Å². The normalized spacial score (nSPS) is 11.4. The molecule has 1 aromatic rings. The zero-order valence-electron chi connectivity index (χ0n) is 9.33. The predicted octanol–water partition coefficient (Wildman–Crippen LogP) is 0.448. The van der Waals surface area contributed by atoms with Crippen LogP contribution >= 0.6 is 0 Å². The summed E-state index contributed by atoms with van der Waals surface area (Å²) in [5.41, 5.74) is 2.51. The maximum atomic E-state index is 11.0. The summed E-state index contributed by atoms with van der Waals surface area (Å²) in [6.45, 7) is 1.87. The van der Waals surface area contributed by atoms with Crippen LogP contribution in [0.15, 0.2) is 35.4 Å². The second-order valence-electron chi connectivity index (χ2n) is 3.07. The lowest BCUT2D eigenvalue weighted by Crippen LogP contribution is -2.27. The third kappa shape index (κ3) is 4.21. The number of nitrogens with one attached hydrogen (secondary N) is 1. The monoisotopic (exact) mass is 238 g/mol. The van der Waals surface area contributed by atoms with Crippen molar-refractivity contribution in [3.63, 3.8) is 0 Å². The van der Waals surface area contributed by atoms with Crippen molar-refractivity contribution in [1.82, 2.24) is 5.43 Å². The van der Waals surface area contributed by atoms with Crippen molar-refractivity contribution in [3.05, 3.63) is 35.9 Å². The fourth-order valence-electron chi connectivity index (χ4n) is 1.15. The average molecular weight is 238 g/mol. The van der Waals surface area contributed by atoms with Crippen LogP contribution < -0.4 is 5.43 Å². The molecule has 0 bridgehead atoms. The fourth-order valence-corrected chi connectivity index (χ4v) is 1.15. The van der Waals surface area contributed by atoms with E-state index in [4.69, 9.17) is 10.2 Å². The van der Waals surface area contributed by atoms with Crippen LogP contribution in [0.3, 0.4) is 0 Å². The summed E-state index contributed by atoms with van der Waals surface area (Å²) in [5.74, 6) is 0. The van der Waals surface area contributed by atoms with E-state index in [0.717, 1.165) is 0 Å². The molecular formula is C11H14N2O4. The van der Waals surface area contributed by atoms with Gasteiger partial charge in [0.15, 0.2) is 6.29 Å². The zero-order valence-corrected chi connectivity index (χ0v) is 9.33. The third-order valence-corrected chi connectivity index (χ3v) is 1.86. The number of amides is 1. The van der Waals surface area contributed by atoms with Gasteiger partial charge in [0.2, 0.25) is 0 Å². The Labute approximate surface area is 98.5 Å². The van der Waals surface area contributed by atoms with E-state index in [0.29, 0.717) is 5.56 Å². The number of aliphatic hydroxyl groups is 2. The SMILES string of the molecule is CCOC(=O)NN=C(c1ccccc1)C(O)O. The van der Waals surface area contributed by atoms with E-state index >= 15 is 0 Å². The summed E-state index contributed by atoms with van der Waals surface area (Å²) in [6.07, 6.45) is -2.53. The lowest BCUT2D eigenvalue weighted by atomic mass is 10.1. The average Bonchev–Trinajstić information content (AvgIpc) is 2.30. The molecule has 6 nitrogen and oxygen atoms in total. The van der Waals surface area contributed by atoms with Crippen molar-refractivity contribution >= 4 is 11.8 Å². The van der Waals surface area contributed by atoms with Crippen LogP contribution in [0.25, 0.3) is 0 Å². The molecule has 0 fully saturated rings. The van der Waals surface area contributed by atoms with Gasteiger partial charge in [0.1, 0.15) is 5.71 Å². The molecule has 17 heavy (non-hydrogen) atoms. The largest absolute Gasteiger partial charge is 0.449 e. The summed E-state index contributed by atoms with van der Waals surface area (Å²) >= 11 is 0. The van der Waals surface area contributed by atoms with Gasteiger partial charge in [-0.1, -0.05) is 30.3 Å². The second-order valence-corrected chi connectivity index (χ2v) is 3.07. The van der Waals surface area contributed by atoms with Gasteiger partial charge in [0.05, 0.1) is 6.61 Å². The van der Waals surface area contributed by atoms with Gasteiger partial charge in [0, 0.05) is 5.56 Å². The molecule has 0 aliphatic carbocycles. The minimum atomic E-state index is -1.78. The van der Waals surface area contributed by atoms with Crippen molar-refractivity contribution in [3.8, 4) is 0 Å². The van der Waals surface area contributed by atoms with Crippen LogP contribution in [0.4, 0.5) is 4.79 Å². The van der Waals surface area contributed by atoms with Gasteiger partial charge in [0.25, 0.3) is 0 Å². The van der Waals surface area contributed by atoms with Gasteiger partial charge >= 0.3 is 6.09 Å². The summed E-state index contributed by atoms with van der Waals surface area (Å²) in [5, 5.41) is 21.9. The number of carbonyl (C=O) groups excluding carboxylic acids is 1. The summed E-state index contributed by atoms with van der Waals surface area (Å²) in [4.78, 5) is 11.0. The number of aliphatic hydroxyl groups excluding tert-OH is 1. The molecule has 0 heterocycles. The summed E-state index contributed by atoms with van der Waals surface area (Å²) in [6, 6.07) is 8.51. The van der Waals surface area contributed by atoms with Crippen LogP contribution in [-0.4, -0.2) is 34.9 Å². The van der Waals surface area contributed by atoms with Crippen LogP contribution in [0.5, 0.6) is 0 Å². The molecular weight excluding hydrogens is 224 g/mol. The van der Waals surface area contributed by atoms with Gasteiger partial charge in [-0.2, -0.15) is 5.10 Å². The molecule has 0 saturated carbocycles. The number of hydrogen-bond donors (Lipinski definition) is 3. The third-order valence-electron chi connectivity index (χ3n) is 1.86. The quantitative estimate of drug-likeness (QED) is 0.403. The molecule has 6 heteroatoms. The summed E-state index contributed by atoms with van der Waals surface area (Å²) in [7, 11) is 0. The van der Waals surface area contributed by atoms with Crippen LogP contribution in [0.2, 0.25) is 0 Å². The molecule has 92 valence electrons. The predicted molar refractivity (Wildman–Crippen MR) is 61.4 cm³/mol. The Morgan fingerprint density at radius 1 is 1.41 bits per heavy atom. The highest BCUT2D eigenvalue weighted by Crippen LogP contribution is 2.03. The zero-order chi connectivity index (χ0) is 12.7. The highest BCUT2D eigenvalue weighted by molar-refractivity contribution is 6.02. The lowest BCUT2D eigenvalue weighted by molar-refractivity contribution is 0.0197. The van der Waals surface area contributed by atoms with Crippen molar-refractivity contribution in [1.29, 1.82) is 0 Å². The minimum Gasteiger partial charge on any atom is -0.449 e. The maximum Gasteiger partial charge on any atom is 0.427 e. The van der Waals surface area contributed by atoms with E-state index in [9.17, 15) is 4.79 Å². The Balaban J connectivity index is 2.80. The van der Waals surface area contributed by atoms with Gasteiger partial charge in [-0.15, -0.1) is 0 Å². The number of nitrogens with zero attached hydrogens (tertiary/aromatic N) is 1. The molecule has 0 aliphatic rings. The van der Waals surface area contributed by atoms with Crippen molar-refractivity contribution in [2.75, 3.05) is 6.61 Å². The van der Waals surface area contributed by atoms with E-state index in [-0.39, 0.29) is 12.3 Å². The van der Waals surface area contributed by atoms with Crippen LogP contribution in [0.1, 0.15) is 12.5 Å².